The molecule has 0 N–H and O–H groups in total. The van der Waals surface area contributed by atoms with E-state index in [0.717, 1.165) is 35.2 Å². The Morgan fingerprint density at radius 2 is 1.95 bits per heavy atom. The van der Waals surface area contributed by atoms with Gasteiger partial charge in [0.05, 0.1) is 5.52 Å². The van der Waals surface area contributed by atoms with Gasteiger partial charge in [-0.3, -0.25) is 9.78 Å². The number of ketones is 1. The van der Waals surface area contributed by atoms with Crippen molar-refractivity contribution in [2.75, 3.05) is 0 Å². The summed E-state index contributed by atoms with van der Waals surface area (Å²) in [5, 5.41) is 1.09. The monoisotopic (exact) mass is 253 g/mol. The van der Waals surface area contributed by atoms with Crippen LogP contribution < -0.4 is 0 Å². The molecule has 98 valence electrons. The lowest BCUT2D eigenvalue weighted by Gasteiger charge is -2.25. The third kappa shape index (κ3) is 2.53. The fourth-order valence-electron chi connectivity index (χ4n) is 2.98. The minimum atomic E-state index is 0.220. The maximum absolute atomic E-state index is 12.5. The summed E-state index contributed by atoms with van der Waals surface area (Å²) < 4.78 is 0. The number of rotatable bonds is 2. The highest BCUT2D eigenvalue weighted by molar-refractivity contribution is 6.00. The summed E-state index contributed by atoms with van der Waals surface area (Å²) in [4.78, 5) is 16.9. The molecule has 1 aromatic heterocycles. The molecule has 0 unspecified atom stereocenters. The van der Waals surface area contributed by atoms with Crippen molar-refractivity contribution in [3.63, 3.8) is 0 Å². The lowest BCUT2D eigenvalue weighted by Crippen LogP contribution is -2.20. The molecular formula is C17H19NO. The highest BCUT2D eigenvalue weighted by Gasteiger charge is 2.25. The molecular weight excluding hydrogens is 234 g/mol. The smallest absolute Gasteiger partial charge is 0.166 e. The molecule has 2 aromatic rings. The van der Waals surface area contributed by atoms with Crippen molar-refractivity contribution < 1.29 is 4.79 Å². The van der Waals surface area contributed by atoms with Crippen LogP contribution in [0.5, 0.6) is 0 Å². The van der Waals surface area contributed by atoms with Gasteiger partial charge in [0, 0.05) is 23.1 Å². The summed E-state index contributed by atoms with van der Waals surface area (Å²) >= 11 is 0. The highest BCUT2D eigenvalue weighted by Crippen LogP contribution is 2.31. The topological polar surface area (TPSA) is 30.0 Å². The van der Waals surface area contributed by atoms with Crippen molar-refractivity contribution in [1.82, 2.24) is 4.98 Å². The van der Waals surface area contributed by atoms with Crippen LogP contribution in [0.3, 0.4) is 0 Å². The molecule has 0 bridgehead atoms. The fraction of sp³-hybridized carbons (Fsp3) is 0.412. The Labute approximate surface area is 113 Å². The van der Waals surface area contributed by atoms with Crippen LogP contribution in [0.25, 0.3) is 10.9 Å². The number of carbonyl (C=O) groups excluding carboxylic acids is 1. The number of benzene rings is 1. The van der Waals surface area contributed by atoms with Crippen molar-refractivity contribution in [2.45, 2.75) is 32.6 Å². The molecule has 1 aliphatic carbocycles. The van der Waals surface area contributed by atoms with E-state index in [-0.39, 0.29) is 5.92 Å². The number of fused-ring (bicyclic) bond motifs is 1. The van der Waals surface area contributed by atoms with E-state index >= 15 is 0 Å². The van der Waals surface area contributed by atoms with Crippen LogP contribution in [0, 0.1) is 11.8 Å². The molecule has 1 saturated carbocycles. The van der Waals surface area contributed by atoms with Gasteiger partial charge in [-0.05, 0) is 30.9 Å². The first kappa shape index (κ1) is 12.3. The van der Waals surface area contributed by atoms with Gasteiger partial charge in [0.2, 0.25) is 0 Å². The molecule has 1 fully saturated rings. The SMILES string of the molecule is CC1CCC(C(=O)c2ccc3cccnc3c2)CC1. The lowest BCUT2D eigenvalue weighted by molar-refractivity contribution is 0.0876. The second kappa shape index (κ2) is 5.12. The van der Waals surface area contributed by atoms with E-state index in [1.165, 1.54) is 12.8 Å². The van der Waals surface area contributed by atoms with Crippen molar-refractivity contribution in [3.8, 4) is 0 Å². The Hall–Kier alpha value is -1.70. The summed E-state index contributed by atoms with van der Waals surface area (Å²) in [6.07, 6.45) is 6.23. The molecule has 1 heterocycles. The van der Waals surface area contributed by atoms with E-state index in [1.807, 2.05) is 30.3 Å². The molecule has 0 atom stereocenters. The summed E-state index contributed by atoms with van der Waals surface area (Å²) in [5.41, 5.74) is 1.74. The first-order valence-corrected chi connectivity index (χ1v) is 7.13. The van der Waals surface area contributed by atoms with Gasteiger partial charge in [-0.1, -0.05) is 38.0 Å². The number of aromatic nitrogens is 1. The average molecular weight is 253 g/mol. The quantitative estimate of drug-likeness (QED) is 0.749. The van der Waals surface area contributed by atoms with Crippen molar-refractivity contribution >= 4 is 16.7 Å². The van der Waals surface area contributed by atoms with E-state index in [0.29, 0.717) is 5.78 Å². The molecule has 19 heavy (non-hydrogen) atoms. The van der Waals surface area contributed by atoms with Crippen LogP contribution in [0.4, 0.5) is 0 Å². The number of Topliss-reactive ketones (excluding diaryl/α,β-unsaturated/α-hetero) is 1. The van der Waals surface area contributed by atoms with Crippen LogP contribution in [0.1, 0.15) is 43.0 Å². The molecule has 0 amide bonds. The first-order valence-electron chi connectivity index (χ1n) is 7.13. The standard InChI is InChI=1S/C17H19NO/c1-12-4-6-14(7-5-12)17(19)15-9-8-13-3-2-10-18-16(13)11-15/h2-3,8-12,14H,4-7H2,1H3. The number of nitrogens with zero attached hydrogens (tertiary/aromatic N) is 1. The number of carbonyl (C=O) groups is 1. The zero-order valence-electron chi connectivity index (χ0n) is 11.3. The third-order valence-corrected chi connectivity index (χ3v) is 4.28. The van der Waals surface area contributed by atoms with Gasteiger partial charge in [-0.2, -0.15) is 0 Å². The van der Waals surface area contributed by atoms with E-state index in [1.54, 1.807) is 6.20 Å². The van der Waals surface area contributed by atoms with Crippen molar-refractivity contribution in [3.05, 3.63) is 42.1 Å². The van der Waals surface area contributed by atoms with Crippen LogP contribution >= 0.6 is 0 Å². The second-order valence-corrected chi connectivity index (χ2v) is 5.73. The second-order valence-electron chi connectivity index (χ2n) is 5.73. The summed E-state index contributed by atoms with van der Waals surface area (Å²) in [7, 11) is 0. The molecule has 0 aliphatic heterocycles. The van der Waals surface area contributed by atoms with Crippen LogP contribution in [-0.2, 0) is 0 Å². The Morgan fingerprint density at radius 1 is 1.16 bits per heavy atom. The Morgan fingerprint density at radius 3 is 2.74 bits per heavy atom. The molecule has 0 spiro atoms. The molecule has 0 radical (unpaired) electrons. The third-order valence-electron chi connectivity index (χ3n) is 4.28. The van der Waals surface area contributed by atoms with Gasteiger partial charge in [0.15, 0.2) is 5.78 Å². The Bertz CT molecular complexity index is 597. The average Bonchev–Trinajstić information content (AvgIpc) is 2.47. The van der Waals surface area contributed by atoms with Crippen LogP contribution in [-0.4, -0.2) is 10.8 Å². The largest absolute Gasteiger partial charge is 0.294 e. The predicted molar refractivity (Wildman–Crippen MR) is 77.2 cm³/mol. The van der Waals surface area contributed by atoms with E-state index in [9.17, 15) is 4.79 Å². The molecule has 2 nitrogen and oxygen atoms in total. The maximum atomic E-state index is 12.5. The molecule has 1 aromatic carbocycles. The van der Waals surface area contributed by atoms with Gasteiger partial charge in [-0.25, -0.2) is 0 Å². The highest BCUT2D eigenvalue weighted by atomic mass is 16.1. The van der Waals surface area contributed by atoms with E-state index in [4.69, 9.17) is 0 Å². The summed E-state index contributed by atoms with van der Waals surface area (Å²) in [5.74, 6) is 1.30. The minimum absolute atomic E-state index is 0.220. The molecule has 3 rings (SSSR count). The molecule has 1 aliphatic rings. The van der Waals surface area contributed by atoms with Crippen molar-refractivity contribution in [2.24, 2.45) is 11.8 Å². The van der Waals surface area contributed by atoms with Gasteiger partial charge in [-0.15, -0.1) is 0 Å². The Kier molecular flexibility index (Phi) is 3.33. The van der Waals surface area contributed by atoms with Gasteiger partial charge >= 0.3 is 0 Å². The summed E-state index contributed by atoms with van der Waals surface area (Å²) in [6, 6.07) is 9.84. The normalized spacial score (nSPS) is 23.4. The number of hydrogen-bond acceptors (Lipinski definition) is 2. The van der Waals surface area contributed by atoms with Crippen LogP contribution in [0.15, 0.2) is 36.5 Å². The van der Waals surface area contributed by atoms with E-state index in [2.05, 4.69) is 11.9 Å². The van der Waals surface area contributed by atoms with Gasteiger partial charge < -0.3 is 0 Å². The number of pyridine rings is 1. The van der Waals surface area contributed by atoms with Gasteiger partial charge in [0.1, 0.15) is 0 Å². The van der Waals surface area contributed by atoms with Crippen molar-refractivity contribution in [1.29, 1.82) is 0 Å². The van der Waals surface area contributed by atoms with Crippen LogP contribution in [0.2, 0.25) is 0 Å². The summed E-state index contributed by atoms with van der Waals surface area (Å²) in [6.45, 7) is 2.28. The molecule has 0 saturated heterocycles. The lowest BCUT2D eigenvalue weighted by atomic mass is 9.79. The maximum Gasteiger partial charge on any atom is 0.166 e. The Balaban J connectivity index is 1.85. The molecule has 2 heteroatoms. The first-order chi connectivity index (χ1) is 9.24. The van der Waals surface area contributed by atoms with Gasteiger partial charge in [0.25, 0.3) is 0 Å². The zero-order valence-corrected chi connectivity index (χ0v) is 11.3. The zero-order chi connectivity index (χ0) is 13.2. The minimum Gasteiger partial charge on any atom is -0.294 e. The number of hydrogen-bond donors (Lipinski definition) is 0. The predicted octanol–water partition coefficient (Wildman–Crippen LogP) is 4.24. The fourth-order valence-corrected chi connectivity index (χ4v) is 2.98. The van der Waals surface area contributed by atoms with E-state index < -0.39 is 0 Å².